The highest BCUT2D eigenvalue weighted by Crippen LogP contribution is 2.45. The number of hydrogen-bond donors (Lipinski definition) is 3. The average Bonchev–Trinajstić information content (AvgIpc) is 0.982. The predicted octanol–water partition coefficient (Wildman–Crippen LogP) is 22.4. The number of phosphoric acid groups is 2. The van der Waals surface area contributed by atoms with Gasteiger partial charge in [0.1, 0.15) is 19.3 Å². The number of carbonyl (C=O) groups is 4. The summed E-state index contributed by atoms with van der Waals surface area (Å²) in [5.41, 5.74) is 0. The highest BCUT2D eigenvalue weighted by molar-refractivity contribution is 7.47. The Hall–Kier alpha value is -3.50. The third kappa shape index (κ3) is 70.9. The fraction of sp³-hybridized carbons (Fsp3) is 0.797. The number of unbranched alkanes of at least 4 members (excludes halogenated alkanes) is 36. The monoisotopic (exact) mass is 1420 g/mol. The van der Waals surface area contributed by atoms with E-state index >= 15 is 0 Å². The molecule has 0 aliphatic carbocycles. The van der Waals surface area contributed by atoms with E-state index in [1.165, 1.54) is 167 Å². The van der Waals surface area contributed by atoms with Crippen LogP contribution in [0.3, 0.4) is 0 Å². The summed E-state index contributed by atoms with van der Waals surface area (Å²) in [7, 11) is -9.96. The summed E-state index contributed by atoms with van der Waals surface area (Å²) in [4.78, 5) is 72.8. The molecule has 0 bridgehead atoms. The van der Waals surface area contributed by atoms with Gasteiger partial charge in [-0.1, -0.05) is 332 Å². The second-order valence-corrected chi connectivity index (χ2v) is 29.2. The van der Waals surface area contributed by atoms with Crippen molar-refractivity contribution in [2.75, 3.05) is 39.6 Å². The summed E-state index contributed by atoms with van der Waals surface area (Å²) in [6.07, 6.45) is 71.9. The molecule has 0 aromatic carbocycles. The Balaban J connectivity index is 5.38. The van der Waals surface area contributed by atoms with Crippen LogP contribution in [0, 0.1) is 0 Å². The third-order valence-corrected chi connectivity index (χ3v) is 18.6. The van der Waals surface area contributed by atoms with Crippen LogP contribution in [0.2, 0.25) is 0 Å². The zero-order valence-corrected chi connectivity index (χ0v) is 64.0. The van der Waals surface area contributed by atoms with Crippen molar-refractivity contribution in [2.24, 2.45) is 0 Å². The van der Waals surface area contributed by atoms with Crippen molar-refractivity contribution in [2.45, 2.75) is 367 Å². The number of aliphatic hydroxyl groups is 1. The van der Waals surface area contributed by atoms with Gasteiger partial charge in [0, 0.05) is 25.7 Å². The van der Waals surface area contributed by atoms with Gasteiger partial charge in [0.15, 0.2) is 12.2 Å². The molecule has 0 amide bonds. The number of rotatable bonds is 74. The van der Waals surface area contributed by atoms with Crippen molar-refractivity contribution in [3.05, 3.63) is 72.9 Å². The lowest BCUT2D eigenvalue weighted by Crippen LogP contribution is -2.30. The Morgan fingerprint density at radius 1 is 0.296 bits per heavy atom. The van der Waals surface area contributed by atoms with Crippen LogP contribution in [-0.2, 0) is 65.4 Å². The highest BCUT2D eigenvalue weighted by atomic mass is 31.2. The molecule has 0 rings (SSSR count). The molecule has 0 aliphatic heterocycles. The van der Waals surface area contributed by atoms with E-state index in [-0.39, 0.29) is 25.7 Å². The summed E-state index contributed by atoms with van der Waals surface area (Å²) in [5, 5.41) is 10.6. The van der Waals surface area contributed by atoms with E-state index in [0.717, 1.165) is 96.3 Å². The maximum absolute atomic E-state index is 13.1. The molecule has 0 saturated carbocycles. The zero-order chi connectivity index (χ0) is 71.8. The lowest BCUT2D eigenvalue weighted by atomic mass is 10.0. The topological polar surface area (TPSA) is 237 Å². The number of phosphoric ester groups is 2. The van der Waals surface area contributed by atoms with Crippen LogP contribution in [0.1, 0.15) is 349 Å². The van der Waals surface area contributed by atoms with Gasteiger partial charge in [-0.2, -0.15) is 0 Å². The molecule has 5 atom stereocenters. The quantitative estimate of drug-likeness (QED) is 0.0169. The minimum atomic E-state index is -4.99. The Kier molecular flexibility index (Phi) is 69.3. The van der Waals surface area contributed by atoms with Gasteiger partial charge in [-0.25, -0.2) is 9.13 Å². The molecule has 0 radical (unpaired) electrons. The van der Waals surface area contributed by atoms with Crippen molar-refractivity contribution < 1.29 is 80.2 Å². The molecule has 0 heterocycles. The van der Waals surface area contributed by atoms with E-state index in [0.29, 0.717) is 32.1 Å². The molecule has 0 spiro atoms. The standard InChI is InChI=1S/C79H142O17P2/c1-5-9-13-17-21-25-29-33-34-35-36-37-38-42-46-50-54-58-62-66-79(84)96-75(70-90-77(82)64-60-56-52-48-44-40-31-27-23-19-15-11-7-3)72-94-98(87,88)92-68-73(80)67-91-97(85,86)93-71-74(95-78(83)65-61-57-53-49-45-41-32-28-24-20-16-12-8-4)69-89-76(81)63-59-55-51-47-43-39-30-26-22-18-14-10-6-2/h9,13,21,25,33-34,36-37,42,46,54,58,73-75,80H,5-8,10-12,14-20,22-24,26-32,35,38-41,43-45,47-53,55-57,59-72H2,1-4H3,(H,85,86)(H,87,88)/b13-9-,25-21-,34-33-,37-36-,46-42-,58-54-/t73-,74+,75+/m0/s1. The van der Waals surface area contributed by atoms with E-state index in [1.807, 2.05) is 18.2 Å². The van der Waals surface area contributed by atoms with Crippen LogP contribution >= 0.6 is 15.6 Å². The first-order chi connectivity index (χ1) is 47.7. The van der Waals surface area contributed by atoms with Crippen LogP contribution < -0.4 is 0 Å². The normalized spacial score (nSPS) is 14.3. The second kappa shape index (κ2) is 71.9. The maximum Gasteiger partial charge on any atom is 0.472 e. The molecular weight excluding hydrogens is 1280 g/mol. The van der Waals surface area contributed by atoms with Gasteiger partial charge in [0.05, 0.1) is 26.4 Å². The van der Waals surface area contributed by atoms with Crippen molar-refractivity contribution in [3.63, 3.8) is 0 Å². The summed E-state index contributed by atoms with van der Waals surface area (Å²) >= 11 is 0. The fourth-order valence-corrected chi connectivity index (χ4v) is 12.4. The maximum atomic E-state index is 13.1. The molecular formula is C79H142O17P2. The lowest BCUT2D eigenvalue weighted by Gasteiger charge is -2.21. The van der Waals surface area contributed by atoms with Gasteiger partial charge in [-0.15, -0.1) is 0 Å². The number of allylic oxidation sites excluding steroid dienone is 12. The van der Waals surface area contributed by atoms with Crippen LogP contribution in [0.25, 0.3) is 0 Å². The van der Waals surface area contributed by atoms with Crippen molar-refractivity contribution >= 4 is 39.5 Å². The number of hydrogen-bond acceptors (Lipinski definition) is 15. The van der Waals surface area contributed by atoms with Crippen molar-refractivity contribution in [1.29, 1.82) is 0 Å². The Morgan fingerprint density at radius 3 is 0.816 bits per heavy atom. The molecule has 2 unspecified atom stereocenters. The summed E-state index contributed by atoms with van der Waals surface area (Å²) in [6.45, 7) is 4.73. The average molecular weight is 1430 g/mol. The number of aliphatic hydroxyl groups excluding tert-OH is 1. The summed E-state index contributed by atoms with van der Waals surface area (Å²) in [6, 6.07) is 0. The van der Waals surface area contributed by atoms with Gasteiger partial charge in [-0.05, 0) is 64.2 Å². The minimum Gasteiger partial charge on any atom is -0.462 e. The van der Waals surface area contributed by atoms with Crippen molar-refractivity contribution in [3.8, 4) is 0 Å². The van der Waals surface area contributed by atoms with Crippen LogP contribution in [0.5, 0.6) is 0 Å². The predicted molar refractivity (Wildman–Crippen MR) is 400 cm³/mol. The molecule has 0 saturated heterocycles. The smallest absolute Gasteiger partial charge is 0.462 e. The van der Waals surface area contributed by atoms with E-state index in [1.54, 1.807) is 0 Å². The van der Waals surface area contributed by atoms with Crippen LogP contribution in [-0.4, -0.2) is 96.7 Å². The molecule has 19 heteroatoms. The van der Waals surface area contributed by atoms with Gasteiger partial charge in [-0.3, -0.25) is 37.3 Å². The van der Waals surface area contributed by atoms with Crippen molar-refractivity contribution in [1.82, 2.24) is 0 Å². The number of ether oxygens (including phenoxy) is 4. The molecule has 98 heavy (non-hydrogen) atoms. The summed E-state index contributed by atoms with van der Waals surface area (Å²) < 4.78 is 68.4. The first-order valence-corrected chi connectivity index (χ1v) is 42.2. The Morgan fingerprint density at radius 2 is 0.531 bits per heavy atom. The van der Waals surface area contributed by atoms with E-state index in [4.69, 9.17) is 37.0 Å². The first-order valence-electron chi connectivity index (χ1n) is 39.2. The van der Waals surface area contributed by atoms with E-state index in [9.17, 15) is 43.2 Å². The highest BCUT2D eigenvalue weighted by Gasteiger charge is 2.30. The van der Waals surface area contributed by atoms with Gasteiger partial charge in [0.2, 0.25) is 0 Å². The number of carbonyl (C=O) groups excluding carboxylic acids is 4. The zero-order valence-electron chi connectivity index (χ0n) is 62.2. The minimum absolute atomic E-state index is 0.0260. The van der Waals surface area contributed by atoms with Crippen LogP contribution in [0.15, 0.2) is 72.9 Å². The molecule has 0 aromatic rings. The SMILES string of the molecule is CC/C=C\C/C=C\C/C=C\C/C=C\C/C=C\C/C=C\CCC(=O)O[C@H](COC(=O)CCCCCCCCCCCCCCC)COP(=O)(O)OC[C@@H](O)COP(=O)(O)OC[C@@H](COC(=O)CCCCCCCCCCCCCCC)OC(=O)CCCCCCCCCCCCCCC. The fourth-order valence-electron chi connectivity index (χ4n) is 10.8. The van der Waals surface area contributed by atoms with Gasteiger partial charge < -0.3 is 33.8 Å². The molecule has 3 N–H and O–H groups in total. The Labute approximate surface area is 596 Å². The van der Waals surface area contributed by atoms with Gasteiger partial charge in [0.25, 0.3) is 0 Å². The molecule has 17 nitrogen and oxygen atoms in total. The Bertz CT molecular complexity index is 2140. The largest absolute Gasteiger partial charge is 0.472 e. The summed E-state index contributed by atoms with van der Waals surface area (Å²) in [5.74, 6) is -2.24. The number of esters is 4. The molecule has 0 fully saturated rings. The van der Waals surface area contributed by atoms with Gasteiger partial charge >= 0.3 is 39.5 Å². The lowest BCUT2D eigenvalue weighted by molar-refractivity contribution is -0.161. The molecule has 570 valence electrons. The van der Waals surface area contributed by atoms with E-state index < -0.39 is 97.5 Å². The molecule has 0 aliphatic rings. The second-order valence-electron chi connectivity index (χ2n) is 26.3. The molecule has 0 aromatic heterocycles. The third-order valence-electron chi connectivity index (χ3n) is 16.7. The van der Waals surface area contributed by atoms with Crippen LogP contribution in [0.4, 0.5) is 0 Å². The first kappa shape index (κ1) is 94.5. The van der Waals surface area contributed by atoms with E-state index in [2.05, 4.69) is 82.4 Å².